The average Bonchev–Trinajstić information content (AvgIpc) is 3.28. The zero-order valence-corrected chi connectivity index (χ0v) is 16.2. The van der Waals surface area contributed by atoms with E-state index in [0.29, 0.717) is 29.2 Å². The highest BCUT2D eigenvalue weighted by Gasteiger charge is 2.38. The van der Waals surface area contributed by atoms with Crippen molar-refractivity contribution >= 4 is 15.5 Å². The molecule has 6 nitrogen and oxygen atoms in total. The molecule has 3 heterocycles. The number of ether oxygens (including phenoxy) is 1. The summed E-state index contributed by atoms with van der Waals surface area (Å²) in [5.74, 6) is 0.658. The number of hydrogen-bond donors (Lipinski definition) is 2. The molecule has 2 N–H and O–H groups in total. The molecule has 7 heteroatoms. The van der Waals surface area contributed by atoms with Crippen LogP contribution in [0.3, 0.4) is 0 Å². The number of benzene rings is 1. The van der Waals surface area contributed by atoms with Crippen LogP contribution in [0.25, 0.3) is 0 Å². The lowest BCUT2D eigenvalue weighted by molar-refractivity contribution is 0.101. The predicted octanol–water partition coefficient (Wildman–Crippen LogP) is 1.72. The number of fused-ring (bicyclic) bond motifs is 1. The molecule has 0 bridgehead atoms. The first-order chi connectivity index (χ1) is 12.5. The van der Waals surface area contributed by atoms with Gasteiger partial charge in [0.15, 0.2) is 9.84 Å². The van der Waals surface area contributed by atoms with E-state index in [2.05, 4.69) is 15.5 Å². The number of anilines is 1. The van der Waals surface area contributed by atoms with Gasteiger partial charge < -0.3 is 9.64 Å². The largest absolute Gasteiger partial charge is 0.377 e. The van der Waals surface area contributed by atoms with Gasteiger partial charge in [-0.3, -0.25) is 10.6 Å². The number of sulfone groups is 1. The molecule has 1 aromatic carbocycles. The van der Waals surface area contributed by atoms with Gasteiger partial charge in [-0.25, -0.2) is 8.42 Å². The Morgan fingerprint density at radius 1 is 1.19 bits per heavy atom. The predicted molar refractivity (Wildman–Crippen MR) is 102 cm³/mol. The fourth-order valence-corrected chi connectivity index (χ4v) is 5.10. The second kappa shape index (κ2) is 7.46. The zero-order chi connectivity index (χ0) is 18.1. The van der Waals surface area contributed by atoms with Gasteiger partial charge in [0, 0.05) is 31.6 Å². The van der Waals surface area contributed by atoms with Crippen molar-refractivity contribution in [1.82, 2.24) is 10.6 Å². The Morgan fingerprint density at radius 2 is 2.00 bits per heavy atom. The van der Waals surface area contributed by atoms with Gasteiger partial charge in [-0.15, -0.1) is 0 Å². The summed E-state index contributed by atoms with van der Waals surface area (Å²) in [5.41, 5.74) is 1.09. The summed E-state index contributed by atoms with van der Waals surface area (Å²) >= 11 is 0. The Balaban J connectivity index is 1.40. The standard InChI is InChI=1S/C19H29N3O3S/c1-26(23,24)17-7-5-15(6-8-17)22-11-10-14-4-9-18(21-19(14)22)20-13-16-3-2-12-25-16/h5-8,14,16,18-21H,2-4,9-13H2,1H3. The van der Waals surface area contributed by atoms with Gasteiger partial charge in [0.05, 0.1) is 23.3 Å². The third kappa shape index (κ3) is 3.91. The third-order valence-corrected chi connectivity index (χ3v) is 7.06. The molecule has 3 aliphatic rings. The number of nitrogens with zero attached hydrogens (tertiary/aromatic N) is 1. The molecule has 4 unspecified atom stereocenters. The maximum Gasteiger partial charge on any atom is 0.175 e. The minimum atomic E-state index is -3.15. The second-order valence-corrected chi connectivity index (χ2v) is 9.81. The van der Waals surface area contributed by atoms with Crippen molar-refractivity contribution in [1.29, 1.82) is 0 Å². The molecule has 144 valence electrons. The molecule has 3 aliphatic heterocycles. The summed E-state index contributed by atoms with van der Waals surface area (Å²) in [6, 6.07) is 7.30. The molecule has 0 amide bonds. The van der Waals surface area contributed by atoms with Gasteiger partial charge in [-0.05, 0) is 62.3 Å². The molecule has 1 aromatic rings. The minimum Gasteiger partial charge on any atom is -0.377 e. The summed E-state index contributed by atoms with van der Waals surface area (Å²) < 4.78 is 29.1. The van der Waals surface area contributed by atoms with Gasteiger partial charge in [-0.1, -0.05) is 0 Å². The highest BCUT2D eigenvalue weighted by atomic mass is 32.2. The number of rotatable bonds is 5. The maximum atomic E-state index is 11.7. The SMILES string of the molecule is CS(=O)(=O)c1ccc(N2CCC3CCC(NCC4CCCO4)NC32)cc1. The third-order valence-electron chi connectivity index (χ3n) is 5.93. The van der Waals surface area contributed by atoms with Crippen LogP contribution in [0.4, 0.5) is 5.69 Å². The van der Waals surface area contributed by atoms with Crippen molar-refractivity contribution in [3.05, 3.63) is 24.3 Å². The van der Waals surface area contributed by atoms with E-state index in [1.165, 1.54) is 25.5 Å². The first-order valence-corrected chi connectivity index (χ1v) is 11.6. The first-order valence-electron chi connectivity index (χ1n) is 9.68. The van der Waals surface area contributed by atoms with E-state index in [4.69, 9.17) is 4.74 Å². The molecule has 0 aliphatic carbocycles. The van der Waals surface area contributed by atoms with Crippen LogP contribution in [0.2, 0.25) is 0 Å². The molecule has 3 fully saturated rings. The maximum absolute atomic E-state index is 11.7. The van der Waals surface area contributed by atoms with Crippen LogP contribution in [0, 0.1) is 5.92 Å². The monoisotopic (exact) mass is 379 g/mol. The second-order valence-electron chi connectivity index (χ2n) is 7.79. The van der Waals surface area contributed by atoms with Crippen molar-refractivity contribution in [2.24, 2.45) is 5.92 Å². The van der Waals surface area contributed by atoms with Crippen molar-refractivity contribution in [3.63, 3.8) is 0 Å². The summed E-state index contributed by atoms with van der Waals surface area (Å²) in [5, 5.41) is 7.41. The van der Waals surface area contributed by atoms with Crippen LogP contribution >= 0.6 is 0 Å². The average molecular weight is 380 g/mol. The van der Waals surface area contributed by atoms with Crippen LogP contribution < -0.4 is 15.5 Å². The molecular weight excluding hydrogens is 350 g/mol. The molecular formula is C19H29N3O3S. The van der Waals surface area contributed by atoms with Gasteiger partial charge in [0.1, 0.15) is 0 Å². The quantitative estimate of drug-likeness (QED) is 0.812. The van der Waals surface area contributed by atoms with Crippen LogP contribution in [0.1, 0.15) is 32.1 Å². The van der Waals surface area contributed by atoms with Gasteiger partial charge >= 0.3 is 0 Å². The minimum absolute atomic E-state index is 0.315. The van der Waals surface area contributed by atoms with E-state index in [1.54, 1.807) is 12.1 Å². The molecule has 26 heavy (non-hydrogen) atoms. The lowest BCUT2D eigenvalue weighted by atomic mass is 9.94. The van der Waals surface area contributed by atoms with Crippen LogP contribution in [0.5, 0.6) is 0 Å². The molecule has 0 spiro atoms. The summed E-state index contributed by atoms with van der Waals surface area (Å²) in [4.78, 5) is 2.76. The molecule has 0 saturated carbocycles. The van der Waals surface area contributed by atoms with E-state index >= 15 is 0 Å². The fourth-order valence-electron chi connectivity index (χ4n) is 4.47. The van der Waals surface area contributed by atoms with Crippen LogP contribution in [0.15, 0.2) is 29.2 Å². The molecule has 0 radical (unpaired) electrons. The Morgan fingerprint density at radius 3 is 2.69 bits per heavy atom. The number of nitrogens with one attached hydrogen (secondary N) is 2. The summed E-state index contributed by atoms with van der Waals surface area (Å²) in [6.07, 6.45) is 8.12. The molecule has 0 aromatic heterocycles. The molecule has 4 atom stereocenters. The van der Waals surface area contributed by atoms with Gasteiger partial charge in [0.2, 0.25) is 0 Å². The van der Waals surface area contributed by atoms with E-state index < -0.39 is 9.84 Å². The van der Waals surface area contributed by atoms with Crippen LogP contribution in [-0.4, -0.2) is 52.8 Å². The first kappa shape index (κ1) is 18.2. The highest BCUT2D eigenvalue weighted by molar-refractivity contribution is 7.90. The normalized spacial score (nSPS) is 32.0. The van der Waals surface area contributed by atoms with Crippen molar-refractivity contribution in [3.8, 4) is 0 Å². The van der Waals surface area contributed by atoms with E-state index in [1.807, 2.05) is 12.1 Å². The van der Waals surface area contributed by atoms with Gasteiger partial charge in [0.25, 0.3) is 0 Å². The van der Waals surface area contributed by atoms with Gasteiger partial charge in [-0.2, -0.15) is 0 Å². The van der Waals surface area contributed by atoms with Crippen molar-refractivity contribution < 1.29 is 13.2 Å². The lowest BCUT2D eigenvalue weighted by Crippen LogP contribution is -2.58. The summed E-state index contributed by atoms with van der Waals surface area (Å²) in [6.45, 7) is 2.82. The van der Waals surface area contributed by atoms with Crippen molar-refractivity contribution in [2.75, 3.05) is 30.9 Å². The smallest absolute Gasteiger partial charge is 0.175 e. The topological polar surface area (TPSA) is 70.7 Å². The molecule has 4 rings (SSSR count). The Kier molecular flexibility index (Phi) is 5.23. The molecule has 3 saturated heterocycles. The number of hydrogen-bond acceptors (Lipinski definition) is 6. The lowest BCUT2D eigenvalue weighted by Gasteiger charge is -2.39. The van der Waals surface area contributed by atoms with E-state index in [9.17, 15) is 8.42 Å². The van der Waals surface area contributed by atoms with Crippen molar-refractivity contribution in [2.45, 2.75) is 55.4 Å². The number of piperidine rings is 1. The van der Waals surface area contributed by atoms with E-state index in [0.717, 1.165) is 38.2 Å². The Hall–Kier alpha value is -1.15. The summed E-state index contributed by atoms with van der Waals surface area (Å²) in [7, 11) is -3.15. The Bertz CT molecular complexity index is 716. The fraction of sp³-hybridized carbons (Fsp3) is 0.684. The van der Waals surface area contributed by atoms with Crippen LogP contribution in [-0.2, 0) is 14.6 Å². The Labute approximate surface area is 156 Å². The van der Waals surface area contributed by atoms with E-state index in [-0.39, 0.29) is 0 Å². The zero-order valence-electron chi connectivity index (χ0n) is 15.4. The highest BCUT2D eigenvalue weighted by Crippen LogP contribution is 2.34.